The van der Waals surface area contributed by atoms with Crippen LogP contribution < -0.4 is 10.9 Å². The Morgan fingerprint density at radius 2 is 1.68 bits per heavy atom. The molecule has 2 aromatic carbocycles. The largest absolute Gasteiger partial charge is 0.273 e. The number of hydrogen-bond donors (Lipinski definition) is 2. The van der Waals surface area contributed by atoms with Crippen LogP contribution in [-0.2, 0) is 14.8 Å². The van der Waals surface area contributed by atoms with Crippen LogP contribution in [0.15, 0.2) is 59.5 Å². The van der Waals surface area contributed by atoms with E-state index in [0.717, 1.165) is 5.56 Å². The maximum absolute atomic E-state index is 12.8. The Morgan fingerprint density at radius 3 is 2.36 bits per heavy atom. The highest BCUT2D eigenvalue weighted by Gasteiger charge is 2.33. The summed E-state index contributed by atoms with van der Waals surface area (Å²) in [5.41, 5.74) is 6.19. The van der Waals surface area contributed by atoms with E-state index in [1.165, 1.54) is 4.31 Å². The van der Waals surface area contributed by atoms with Crippen molar-refractivity contribution in [3.8, 4) is 0 Å². The Balaban J connectivity index is 1.61. The minimum atomic E-state index is -3.65. The smallest absolute Gasteiger partial charge is 0.269 e. The third kappa shape index (κ3) is 4.58. The molecule has 2 aromatic rings. The average molecular weight is 401 g/mol. The Labute approximate surface area is 164 Å². The number of carbonyl (C=O) groups is 2. The van der Waals surface area contributed by atoms with Crippen molar-refractivity contribution in [1.82, 2.24) is 15.2 Å². The Morgan fingerprint density at radius 1 is 1.00 bits per heavy atom. The molecule has 1 atom stereocenters. The molecule has 7 nitrogen and oxygen atoms in total. The van der Waals surface area contributed by atoms with E-state index in [1.54, 1.807) is 54.6 Å². The molecule has 0 saturated carbocycles. The summed E-state index contributed by atoms with van der Waals surface area (Å²) in [7, 11) is -3.65. The van der Waals surface area contributed by atoms with Gasteiger partial charge in [-0.25, -0.2) is 8.42 Å². The zero-order valence-corrected chi connectivity index (χ0v) is 16.4. The Bertz CT molecular complexity index is 943. The van der Waals surface area contributed by atoms with Gasteiger partial charge in [0.15, 0.2) is 0 Å². The van der Waals surface area contributed by atoms with Crippen LogP contribution in [0.3, 0.4) is 0 Å². The summed E-state index contributed by atoms with van der Waals surface area (Å²) in [6.07, 6.45) is 1.14. The summed E-state index contributed by atoms with van der Waals surface area (Å²) in [6, 6.07) is 15.2. The van der Waals surface area contributed by atoms with E-state index < -0.39 is 27.8 Å². The van der Waals surface area contributed by atoms with Crippen LogP contribution in [0.4, 0.5) is 0 Å². The lowest BCUT2D eigenvalue weighted by molar-refractivity contribution is -0.126. The fourth-order valence-electron chi connectivity index (χ4n) is 3.12. The summed E-state index contributed by atoms with van der Waals surface area (Å²) in [4.78, 5) is 24.7. The van der Waals surface area contributed by atoms with Crippen LogP contribution in [0.5, 0.6) is 0 Å². The van der Waals surface area contributed by atoms with Crippen molar-refractivity contribution in [3.63, 3.8) is 0 Å². The van der Waals surface area contributed by atoms with Gasteiger partial charge in [-0.05, 0) is 44.0 Å². The van der Waals surface area contributed by atoms with Crippen molar-refractivity contribution in [2.75, 3.05) is 13.1 Å². The standard InChI is InChI=1S/C20H23N3O4S/c1-15-9-11-18(12-10-15)28(26,27)23-13-5-8-17(14-23)20(25)22-21-19(24)16-6-3-2-4-7-16/h2-4,6-7,9-12,17H,5,8,13-14H2,1H3,(H,21,24)(H,22,25)/t17-/m1/s1. The first-order valence-corrected chi connectivity index (χ1v) is 10.5. The summed E-state index contributed by atoms with van der Waals surface area (Å²) in [6.45, 7) is 2.35. The third-order valence-corrected chi connectivity index (χ3v) is 6.63. The van der Waals surface area contributed by atoms with E-state index in [0.29, 0.717) is 24.9 Å². The lowest BCUT2D eigenvalue weighted by Gasteiger charge is -2.31. The number of rotatable bonds is 4. The molecule has 0 radical (unpaired) electrons. The van der Waals surface area contributed by atoms with Crippen molar-refractivity contribution in [1.29, 1.82) is 0 Å². The molecule has 0 aliphatic carbocycles. The molecule has 28 heavy (non-hydrogen) atoms. The molecule has 0 spiro atoms. The van der Waals surface area contributed by atoms with Crippen molar-refractivity contribution >= 4 is 21.8 Å². The Hall–Kier alpha value is -2.71. The van der Waals surface area contributed by atoms with Crippen molar-refractivity contribution in [2.24, 2.45) is 5.92 Å². The zero-order chi connectivity index (χ0) is 20.1. The highest BCUT2D eigenvalue weighted by molar-refractivity contribution is 7.89. The van der Waals surface area contributed by atoms with E-state index in [-0.39, 0.29) is 11.4 Å². The van der Waals surface area contributed by atoms with Gasteiger partial charge >= 0.3 is 0 Å². The quantitative estimate of drug-likeness (QED) is 0.765. The van der Waals surface area contributed by atoms with Gasteiger partial charge in [0.2, 0.25) is 15.9 Å². The second-order valence-corrected chi connectivity index (χ2v) is 8.76. The third-order valence-electron chi connectivity index (χ3n) is 4.75. The molecule has 0 unspecified atom stereocenters. The van der Waals surface area contributed by atoms with Gasteiger partial charge in [-0.2, -0.15) is 4.31 Å². The molecule has 1 saturated heterocycles. The SMILES string of the molecule is Cc1ccc(S(=O)(=O)N2CCC[C@@H](C(=O)NNC(=O)c3ccccc3)C2)cc1. The number of carbonyl (C=O) groups excluding carboxylic acids is 2. The zero-order valence-electron chi connectivity index (χ0n) is 15.6. The van der Waals surface area contributed by atoms with E-state index in [4.69, 9.17) is 0 Å². The van der Waals surface area contributed by atoms with E-state index in [2.05, 4.69) is 10.9 Å². The minimum Gasteiger partial charge on any atom is -0.273 e. The van der Waals surface area contributed by atoms with Crippen molar-refractivity contribution in [2.45, 2.75) is 24.7 Å². The molecule has 1 aliphatic heterocycles. The lowest BCUT2D eigenvalue weighted by atomic mass is 9.99. The molecule has 148 valence electrons. The average Bonchev–Trinajstić information content (AvgIpc) is 2.72. The first-order valence-electron chi connectivity index (χ1n) is 9.10. The Kier molecular flexibility index (Phi) is 6.11. The first kappa shape index (κ1) is 20.0. The molecule has 0 bridgehead atoms. The summed E-state index contributed by atoms with van der Waals surface area (Å²) < 4.78 is 27.0. The highest BCUT2D eigenvalue weighted by Crippen LogP contribution is 2.24. The molecule has 8 heteroatoms. The fourth-order valence-corrected chi connectivity index (χ4v) is 4.64. The molecule has 2 N–H and O–H groups in total. The predicted molar refractivity (Wildman–Crippen MR) is 105 cm³/mol. The lowest BCUT2D eigenvalue weighted by Crippen LogP contribution is -2.50. The van der Waals surface area contributed by atoms with Crippen LogP contribution in [0.2, 0.25) is 0 Å². The van der Waals surface area contributed by atoms with Crippen LogP contribution in [0.25, 0.3) is 0 Å². The molecule has 1 heterocycles. The fraction of sp³-hybridized carbons (Fsp3) is 0.300. The molecule has 1 fully saturated rings. The van der Waals surface area contributed by atoms with Crippen molar-refractivity contribution < 1.29 is 18.0 Å². The molecule has 1 aliphatic rings. The van der Waals surface area contributed by atoms with Gasteiger partial charge in [-0.15, -0.1) is 0 Å². The number of piperidine rings is 1. The summed E-state index contributed by atoms with van der Waals surface area (Å²) >= 11 is 0. The molecule has 3 rings (SSSR count). The number of amides is 2. The van der Waals surface area contributed by atoms with Crippen LogP contribution in [0, 0.1) is 12.8 Å². The number of nitrogens with zero attached hydrogens (tertiary/aromatic N) is 1. The topological polar surface area (TPSA) is 95.6 Å². The molecular weight excluding hydrogens is 378 g/mol. The predicted octanol–water partition coefficient (Wildman–Crippen LogP) is 1.86. The highest BCUT2D eigenvalue weighted by atomic mass is 32.2. The summed E-state index contributed by atoms with van der Waals surface area (Å²) in [5.74, 6) is -1.34. The van der Waals surface area contributed by atoms with Crippen LogP contribution in [0.1, 0.15) is 28.8 Å². The van der Waals surface area contributed by atoms with Gasteiger partial charge in [0.1, 0.15) is 0 Å². The molecule has 2 amide bonds. The van der Waals surface area contributed by atoms with Crippen LogP contribution >= 0.6 is 0 Å². The first-order chi connectivity index (χ1) is 13.4. The number of nitrogens with one attached hydrogen (secondary N) is 2. The minimum absolute atomic E-state index is 0.0866. The number of sulfonamides is 1. The van der Waals surface area contributed by atoms with Gasteiger partial charge in [-0.1, -0.05) is 35.9 Å². The van der Waals surface area contributed by atoms with Gasteiger partial charge in [0, 0.05) is 18.7 Å². The van der Waals surface area contributed by atoms with Crippen molar-refractivity contribution in [3.05, 3.63) is 65.7 Å². The second-order valence-electron chi connectivity index (χ2n) is 6.82. The monoisotopic (exact) mass is 401 g/mol. The second kappa shape index (κ2) is 8.53. The number of benzene rings is 2. The van der Waals surface area contributed by atoms with E-state index >= 15 is 0 Å². The maximum atomic E-state index is 12.8. The summed E-state index contributed by atoms with van der Waals surface area (Å²) in [5, 5.41) is 0. The van der Waals surface area contributed by atoms with E-state index in [9.17, 15) is 18.0 Å². The maximum Gasteiger partial charge on any atom is 0.269 e. The van der Waals surface area contributed by atoms with Gasteiger partial charge in [0.05, 0.1) is 10.8 Å². The number of hydrogen-bond acceptors (Lipinski definition) is 4. The van der Waals surface area contributed by atoms with Crippen LogP contribution in [-0.4, -0.2) is 37.6 Å². The number of aryl methyl sites for hydroxylation is 1. The molecular formula is C20H23N3O4S. The van der Waals surface area contributed by atoms with Gasteiger partial charge in [0.25, 0.3) is 5.91 Å². The van der Waals surface area contributed by atoms with E-state index in [1.807, 2.05) is 6.92 Å². The van der Waals surface area contributed by atoms with Gasteiger partial charge < -0.3 is 0 Å². The van der Waals surface area contributed by atoms with Gasteiger partial charge in [-0.3, -0.25) is 20.4 Å². The normalized spacial score (nSPS) is 17.7. The number of hydrazine groups is 1. The molecule has 0 aromatic heterocycles.